The number of hydrogen-bond donors (Lipinski definition) is 2. The topological polar surface area (TPSA) is 70.5 Å². The lowest BCUT2D eigenvalue weighted by Gasteiger charge is -2.44. The van der Waals surface area contributed by atoms with E-state index in [0.717, 1.165) is 82.7 Å². The van der Waals surface area contributed by atoms with E-state index in [1.54, 1.807) is 6.92 Å². The van der Waals surface area contributed by atoms with Gasteiger partial charge in [0.1, 0.15) is 0 Å². The van der Waals surface area contributed by atoms with Crippen LogP contribution in [0.15, 0.2) is 0 Å². The lowest BCUT2D eigenvalue weighted by atomic mass is 9.85. The minimum atomic E-state index is -0.900. The van der Waals surface area contributed by atoms with Gasteiger partial charge in [0.15, 0.2) is 0 Å². The molecule has 40 heavy (non-hydrogen) atoms. The summed E-state index contributed by atoms with van der Waals surface area (Å²) in [6.45, 7) is 25.3. The van der Waals surface area contributed by atoms with Crippen LogP contribution < -0.4 is 0 Å². The third kappa shape index (κ3) is 12.2. The average Bonchev–Trinajstić information content (AvgIpc) is 2.88. The Kier molecular flexibility index (Phi) is 14.4. The van der Waals surface area contributed by atoms with Gasteiger partial charge >= 0.3 is 0 Å². The quantitative estimate of drug-likeness (QED) is 0.399. The van der Waals surface area contributed by atoms with E-state index in [4.69, 9.17) is 0 Å². The van der Waals surface area contributed by atoms with Crippen molar-refractivity contribution >= 4 is 5.91 Å². The maximum absolute atomic E-state index is 12.3. The molecule has 0 aromatic heterocycles. The van der Waals surface area contributed by atoms with Gasteiger partial charge in [-0.05, 0) is 117 Å². The van der Waals surface area contributed by atoms with E-state index in [9.17, 15) is 15.0 Å². The second kappa shape index (κ2) is 16.2. The first-order chi connectivity index (χ1) is 18.6. The normalized spacial score (nSPS) is 23.5. The van der Waals surface area contributed by atoms with Crippen LogP contribution in [0.2, 0.25) is 0 Å². The molecule has 0 bridgehead atoms. The van der Waals surface area contributed by atoms with Crippen LogP contribution in [0.3, 0.4) is 0 Å². The van der Waals surface area contributed by atoms with Crippen molar-refractivity contribution in [2.24, 2.45) is 17.8 Å². The van der Waals surface area contributed by atoms with Crippen LogP contribution in [0.1, 0.15) is 107 Å². The first-order valence-corrected chi connectivity index (χ1v) is 16.5. The molecule has 1 amide bonds. The highest BCUT2D eigenvalue weighted by Crippen LogP contribution is 2.29. The fraction of sp³-hybridized carbons (Fsp3) is 0.970. The molecule has 1 unspecified atom stereocenters. The Labute approximate surface area is 247 Å². The third-order valence-electron chi connectivity index (χ3n) is 10.1. The van der Waals surface area contributed by atoms with Crippen LogP contribution in [0, 0.1) is 17.8 Å². The standard InChI is InChI=1S/C17H34N2O.C16H32N2O2/c1-14(2)16-5-9-18(10-6-16)13-17(20)7-11-19(12-8-17)15(3)4;1-13(2)17(5)11-8-16(4,20)12-15(19)18-9-6-14(3)7-10-18/h14-16,20H,5-13H2,1-4H3;13-14,20H,6-12H2,1-5H3. The number of β-amino-alcohol motifs (C(OH)–C–C–N with tert-alkyl or cyclic N) is 1. The molecule has 0 aliphatic carbocycles. The second-order valence-electron chi connectivity index (χ2n) is 14.8. The first-order valence-electron chi connectivity index (χ1n) is 16.5. The van der Waals surface area contributed by atoms with Gasteiger partial charge in [-0.3, -0.25) is 4.79 Å². The van der Waals surface area contributed by atoms with Gasteiger partial charge in [-0.2, -0.15) is 0 Å². The molecule has 0 aromatic rings. The maximum atomic E-state index is 12.3. The molecule has 7 nitrogen and oxygen atoms in total. The molecule has 3 aliphatic rings. The predicted octanol–water partition coefficient (Wildman–Crippen LogP) is 4.71. The number of amides is 1. The van der Waals surface area contributed by atoms with E-state index in [-0.39, 0.29) is 12.3 Å². The van der Waals surface area contributed by atoms with E-state index in [1.807, 2.05) is 4.90 Å². The van der Waals surface area contributed by atoms with Gasteiger partial charge in [0.25, 0.3) is 0 Å². The molecule has 2 N–H and O–H groups in total. The summed E-state index contributed by atoms with van der Waals surface area (Å²) in [5.74, 6) is 2.53. The van der Waals surface area contributed by atoms with Crippen molar-refractivity contribution in [2.45, 2.75) is 130 Å². The van der Waals surface area contributed by atoms with Crippen molar-refractivity contribution in [3.8, 4) is 0 Å². The van der Waals surface area contributed by atoms with Gasteiger partial charge in [0, 0.05) is 51.4 Å². The van der Waals surface area contributed by atoms with Crippen LogP contribution >= 0.6 is 0 Å². The van der Waals surface area contributed by atoms with Crippen molar-refractivity contribution in [1.29, 1.82) is 0 Å². The Morgan fingerprint density at radius 2 is 1.50 bits per heavy atom. The van der Waals surface area contributed by atoms with Crippen LogP contribution in [0.4, 0.5) is 0 Å². The Morgan fingerprint density at radius 1 is 0.950 bits per heavy atom. The first kappa shape index (κ1) is 35.5. The molecular formula is C33H66N4O3. The Bertz CT molecular complexity index is 717. The van der Waals surface area contributed by atoms with Crippen LogP contribution in [0.5, 0.6) is 0 Å². The van der Waals surface area contributed by atoms with Crippen LogP contribution in [-0.2, 0) is 4.79 Å². The summed E-state index contributed by atoms with van der Waals surface area (Å²) in [6, 6.07) is 1.08. The number of likely N-dealkylation sites (tertiary alicyclic amines) is 3. The molecule has 0 radical (unpaired) electrons. The molecule has 0 spiro atoms. The number of hydrogen-bond acceptors (Lipinski definition) is 6. The van der Waals surface area contributed by atoms with Crippen molar-refractivity contribution in [2.75, 3.05) is 59.4 Å². The lowest BCUT2D eigenvalue weighted by Crippen LogP contribution is -2.53. The van der Waals surface area contributed by atoms with Gasteiger partial charge in [0.05, 0.1) is 17.6 Å². The molecule has 7 heteroatoms. The summed E-state index contributed by atoms with van der Waals surface area (Å²) in [5.41, 5.74) is -1.33. The zero-order chi connectivity index (χ0) is 30.1. The fourth-order valence-electron chi connectivity index (χ4n) is 6.27. The summed E-state index contributed by atoms with van der Waals surface area (Å²) in [4.78, 5) is 21.4. The Balaban J connectivity index is 0.000000280. The van der Waals surface area contributed by atoms with Gasteiger partial charge < -0.3 is 29.8 Å². The Hall–Kier alpha value is -0.730. The highest BCUT2D eigenvalue weighted by atomic mass is 16.3. The molecule has 3 fully saturated rings. The molecule has 0 aromatic carbocycles. The van der Waals surface area contributed by atoms with Crippen molar-refractivity contribution in [3.05, 3.63) is 0 Å². The second-order valence-corrected chi connectivity index (χ2v) is 14.8. The summed E-state index contributed by atoms with van der Waals surface area (Å²) in [6.07, 6.45) is 7.56. The molecule has 3 saturated heterocycles. The Morgan fingerprint density at radius 3 is 1.98 bits per heavy atom. The molecule has 0 saturated carbocycles. The summed E-state index contributed by atoms with van der Waals surface area (Å²) in [7, 11) is 2.05. The smallest absolute Gasteiger partial charge is 0.225 e. The largest absolute Gasteiger partial charge is 0.390 e. The van der Waals surface area contributed by atoms with E-state index in [1.165, 1.54) is 25.9 Å². The maximum Gasteiger partial charge on any atom is 0.225 e. The van der Waals surface area contributed by atoms with Gasteiger partial charge in [-0.1, -0.05) is 20.8 Å². The number of piperidine rings is 3. The monoisotopic (exact) mass is 567 g/mol. The minimum Gasteiger partial charge on any atom is -0.390 e. The highest BCUT2D eigenvalue weighted by molar-refractivity contribution is 5.77. The van der Waals surface area contributed by atoms with E-state index in [2.05, 4.69) is 70.2 Å². The zero-order valence-corrected chi connectivity index (χ0v) is 27.8. The molecule has 1 atom stereocenters. The number of carbonyl (C=O) groups is 1. The summed E-state index contributed by atoms with van der Waals surface area (Å²) >= 11 is 0. The van der Waals surface area contributed by atoms with Crippen LogP contribution in [-0.4, -0.2) is 118 Å². The number of aliphatic hydroxyl groups is 2. The molecule has 236 valence electrons. The zero-order valence-electron chi connectivity index (χ0n) is 27.8. The van der Waals surface area contributed by atoms with Crippen molar-refractivity contribution in [3.63, 3.8) is 0 Å². The fourth-order valence-corrected chi connectivity index (χ4v) is 6.27. The van der Waals surface area contributed by atoms with Crippen LogP contribution in [0.25, 0.3) is 0 Å². The third-order valence-corrected chi connectivity index (χ3v) is 10.1. The molecule has 3 aliphatic heterocycles. The van der Waals surface area contributed by atoms with E-state index >= 15 is 0 Å². The van der Waals surface area contributed by atoms with Crippen molar-refractivity contribution in [1.82, 2.24) is 19.6 Å². The molecular weight excluding hydrogens is 500 g/mol. The average molecular weight is 567 g/mol. The molecule has 3 heterocycles. The molecule has 3 rings (SSSR count). The van der Waals surface area contributed by atoms with Gasteiger partial charge in [0.2, 0.25) is 5.91 Å². The lowest BCUT2D eigenvalue weighted by molar-refractivity contribution is -0.137. The number of nitrogens with zero attached hydrogens (tertiary/aromatic N) is 4. The number of rotatable bonds is 10. The highest BCUT2D eigenvalue weighted by Gasteiger charge is 2.36. The SMILES string of the molecule is CC(C)C1CCN(CC2(O)CCN(C(C)C)CC2)CC1.CC1CCN(C(=O)CC(C)(O)CCN(C)C(C)C)CC1. The predicted molar refractivity (Wildman–Crippen MR) is 167 cm³/mol. The summed E-state index contributed by atoms with van der Waals surface area (Å²) < 4.78 is 0. The van der Waals surface area contributed by atoms with E-state index < -0.39 is 11.2 Å². The van der Waals surface area contributed by atoms with E-state index in [0.29, 0.717) is 18.5 Å². The number of carbonyl (C=O) groups excluding carboxylic acids is 1. The minimum absolute atomic E-state index is 0.106. The van der Waals surface area contributed by atoms with Gasteiger partial charge in [-0.15, -0.1) is 0 Å². The van der Waals surface area contributed by atoms with Gasteiger partial charge in [-0.25, -0.2) is 0 Å². The van der Waals surface area contributed by atoms with Crippen molar-refractivity contribution < 1.29 is 15.0 Å². The summed E-state index contributed by atoms with van der Waals surface area (Å²) in [5, 5.41) is 21.3.